The first-order valence-corrected chi connectivity index (χ1v) is 5.55. The van der Waals surface area contributed by atoms with Crippen molar-refractivity contribution in [2.45, 2.75) is 38.8 Å². The fourth-order valence-electron chi connectivity index (χ4n) is 2.60. The molecule has 0 amide bonds. The van der Waals surface area contributed by atoms with Gasteiger partial charge >= 0.3 is 0 Å². The van der Waals surface area contributed by atoms with Gasteiger partial charge in [-0.25, -0.2) is 0 Å². The summed E-state index contributed by atoms with van der Waals surface area (Å²) in [6.45, 7) is 7.11. The van der Waals surface area contributed by atoms with Crippen LogP contribution in [0.2, 0.25) is 0 Å². The monoisotopic (exact) mass is 234 g/mol. The quantitative estimate of drug-likeness (QED) is 0.738. The highest BCUT2D eigenvalue weighted by Crippen LogP contribution is 2.47. The van der Waals surface area contributed by atoms with Crippen LogP contribution in [0.3, 0.4) is 0 Å². The Bertz CT molecular complexity index is 469. The summed E-state index contributed by atoms with van der Waals surface area (Å²) in [7, 11) is 0. The third-order valence-corrected chi connectivity index (χ3v) is 3.44. The van der Waals surface area contributed by atoms with Gasteiger partial charge in [0.05, 0.1) is 17.3 Å². The van der Waals surface area contributed by atoms with Gasteiger partial charge in [0.1, 0.15) is 12.0 Å². The van der Waals surface area contributed by atoms with E-state index in [-0.39, 0.29) is 0 Å². The Hall–Kier alpha value is -1.39. The lowest BCUT2D eigenvalue weighted by atomic mass is 9.90. The smallest absolute Gasteiger partial charge is 0.148 e. The zero-order valence-electron chi connectivity index (χ0n) is 10.5. The van der Waals surface area contributed by atoms with Gasteiger partial charge in [-0.15, -0.1) is 10.3 Å². The Morgan fingerprint density at radius 3 is 2.35 bits per heavy atom. The van der Waals surface area contributed by atoms with E-state index in [1.807, 2.05) is 0 Å². The van der Waals surface area contributed by atoms with E-state index >= 15 is 0 Å². The number of hydroxylamine groups is 2. The van der Waals surface area contributed by atoms with E-state index in [2.05, 4.69) is 0 Å². The summed E-state index contributed by atoms with van der Waals surface area (Å²) >= 11 is 0. The van der Waals surface area contributed by atoms with Gasteiger partial charge in [0.2, 0.25) is 0 Å². The molecule has 0 saturated heterocycles. The standard InChI is InChI=1S/C13H16NO3/c1-12(2)9(8-15)11(10-6-5-7-17-10)13(3,4)14(12)16/h5-8H,1-4H3. The topological polar surface area (TPSA) is 53.4 Å². The van der Waals surface area contributed by atoms with Crippen LogP contribution in [-0.4, -0.2) is 22.4 Å². The lowest BCUT2D eigenvalue weighted by Crippen LogP contribution is -2.47. The Labute approximate surface area is 100 Å². The van der Waals surface area contributed by atoms with Crippen LogP contribution in [0.25, 0.3) is 5.57 Å². The van der Waals surface area contributed by atoms with Crippen molar-refractivity contribution in [3.63, 3.8) is 0 Å². The minimum atomic E-state index is -0.826. The van der Waals surface area contributed by atoms with E-state index in [0.29, 0.717) is 16.9 Å². The molecule has 1 aromatic heterocycles. The molecule has 1 aliphatic rings. The van der Waals surface area contributed by atoms with Crippen molar-refractivity contribution in [1.82, 2.24) is 5.06 Å². The summed E-state index contributed by atoms with van der Waals surface area (Å²) in [4.78, 5) is 11.3. The number of hydrogen-bond donors (Lipinski definition) is 0. The van der Waals surface area contributed by atoms with Gasteiger partial charge in [-0.2, -0.15) is 0 Å². The number of furan rings is 1. The highest BCUT2D eigenvalue weighted by atomic mass is 16.5. The van der Waals surface area contributed by atoms with Crippen molar-refractivity contribution >= 4 is 11.9 Å². The molecule has 17 heavy (non-hydrogen) atoms. The highest BCUT2D eigenvalue weighted by molar-refractivity contribution is 5.94. The maximum atomic E-state index is 12.3. The fourth-order valence-corrected chi connectivity index (χ4v) is 2.60. The second-order valence-corrected chi connectivity index (χ2v) is 5.30. The number of nitrogens with zero attached hydrogens (tertiary/aromatic N) is 1. The van der Waals surface area contributed by atoms with Gasteiger partial charge in [0, 0.05) is 11.1 Å². The average molecular weight is 234 g/mol. The molecular weight excluding hydrogens is 218 g/mol. The van der Waals surface area contributed by atoms with Crippen LogP contribution in [0.4, 0.5) is 0 Å². The van der Waals surface area contributed by atoms with Crippen LogP contribution in [0.15, 0.2) is 28.4 Å². The molecule has 0 spiro atoms. The first kappa shape index (κ1) is 12.1. The normalized spacial score (nSPS) is 23.1. The van der Waals surface area contributed by atoms with E-state index in [1.54, 1.807) is 46.1 Å². The molecule has 2 rings (SSSR count). The maximum Gasteiger partial charge on any atom is 0.148 e. The van der Waals surface area contributed by atoms with Gasteiger partial charge in [-0.1, -0.05) is 0 Å². The van der Waals surface area contributed by atoms with Crippen LogP contribution in [0.1, 0.15) is 33.5 Å². The number of carbonyl (C=O) groups excluding carboxylic acids is 1. The van der Waals surface area contributed by atoms with Gasteiger partial charge in [0.25, 0.3) is 0 Å². The number of hydrogen-bond acceptors (Lipinski definition) is 3. The molecule has 0 N–H and O–H groups in total. The summed E-state index contributed by atoms with van der Waals surface area (Å²) in [5.41, 5.74) is -0.421. The summed E-state index contributed by atoms with van der Waals surface area (Å²) < 4.78 is 5.34. The first-order chi connectivity index (χ1) is 7.83. The molecular formula is C13H16NO3. The van der Waals surface area contributed by atoms with E-state index in [4.69, 9.17) is 4.42 Å². The first-order valence-electron chi connectivity index (χ1n) is 5.55. The van der Waals surface area contributed by atoms with E-state index in [9.17, 15) is 10.0 Å². The molecule has 1 aromatic rings. The molecule has 0 aromatic carbocycles. The van der Waals surface area contributed by atoms with Crippen molar-refractivity contribution in [1.29, 1.82) is 0 Å². The third-order valence-electron chi connectivity index (χ3n) is 3.44. The zero-order chi connectivity index (χ0) is 12.8. The van der Waals surface area contributed by atoms with E-state index < -0.39 is 11.1 Å². The maximum absolute atomic E-state index is 12.3. The Balaban J connectivity index is 2.70. The van der Waals surface area contributed by atoms with Gasteiger partial charge < -0.3 is 4.42 Å². The molecule has 1 aliphatic heterocycles. The van der Waals surface area contributed by atoms with Gasteiger partial charge in [-0.05, 0) is 39.8 Å². The Kier molecular flexibility index (Phi) is 2.52. The summed E-state index contributed by atoms with van der Waals surface area (Å²) in [5, 5.41) is 13.3. The largest absolute Gasteiger partial charge is 0.465 e. The SMILES string of the molecule is CC1(C)C(C=O)=C(c2ccco2)C(C)(C)N1[O]. The predicted octanol–water partition coefficient (Wildman–Crippen LogP) is 2.45. The minimum absolute atomic E-state index is 0.493. The van der Waals surface area contributed by atoms with Crippen LogP contribution < -0.4 is 0 Å². The molecule has 1 radical (unpaired) electrons. The van der Waals surface area contributed by atoms with Crippen molar-refractivity contribution < 1.29 is 14.4 Å². The average Bonchev–Trinajstić information content (AvgIpc) is 2.79. The molecule has 4 nitrogen and oxygen atoms in total. The molecule has 0 bridgehead atoms. The Morgan fingerprint density at radius 2 is 1.88 bits per heavy atom. The van der Waals surface area contributed by atoms with Crippen LogP contribution in [0.5, 0.6) is 0 Å². The van der Waals surface area contributed by atoms with Crippen molar-refractivity contribution in [2.24, 2.45) is 0 Å². The molecule has 91 valence electrons. The third kappa shape index (κ3) is 1.48. The van der Waals surface area contributed by atoms with Crippen molar-refractivity contribution in [3.05, 3.63) is 29.7 Å². The molecule has 4 heteroatoms. The molecule has 0 fully saturated rings. The molecule has 0 saturated carbocycles. The van der Waals surface area contributed by atoms with E-state index in [1.165, 1.54) is 0 Å². The van der Waals surface area contributed by atoms with Crippen LogP contribution in [-0.2, 0) is 10.0 Å². The second kappa shape index (κ2) is 3.55. The molecule has 0 unspecified atom stereocenters. The number of rotatable bonds is 2. The van der Waals surface area contributed by atoms with Crippen LogP contribution in [0, 0.1) is 0 Å². The lowest BCUT2D eigenvalue weighted by Gasteiger charge is -2.33. The van der Waals surface area contributed by atoms with E-state index in [0.717, 1.165) is 11.3 Å². The number of carbonyl (C=O) groups is 1. The highest BCUT2D eigenvalue weighted by Gasteiger charge is 2.52. The molecule has 0 aliphatic carbocycles. The van der Waals surface area contributed by atoms with Crippen molar-refractivity contribution in [2.75, 3.05) is 0 Å². The second-order valence-electron chi connectivity index (χ2n) is 5.30. The Morgan fingerprint density at radius 1 is 1.24 bits per heavy atom. The van der Waals surface area contributed by atoms with Gasteiger partial charge in [0.15, 0.2) is 0 Å². The summed E-state index contributed by atoms with van der Waals surface area (Å²) in [6, 6.07) is 3.52. The fraction of sp³-hybridized carbons (Fsp3) is 0.462. The van der Waals surface area contributed by atoms with Crippen molar-refractivity contribution in [3.8, 4) is 0 Å². The summed E-state index contributed by atoms with van der Waals surface area (Å²) in [6.07, 6.45) is 2.30. The predicted molar refractivity (Wildman–Crippen MR) is 62.4 cm³/mol. The lowest BCUT2D eigenvalue weighted by molar-refractivity contribution is -0.236. The van der Waals surface area contributed by atoms with Gasteiger partial charge in [-0.3, -0.25) is 4.79 Å². The minimum Gasteiger partial charge on any atom is -0.465 e. The van der Waals surface area contributed by atoms with Crippen LogP contribution >= 0.6 is 0 Å². The molecule has 2 heterocycles. The zero-order valence-corrected chi connectivity index (χ0v) is 10.5. The number of aldehydes is 1. The molecule has 0 atom stereocenters. The summed E-state index contributed by atoms with van der Waals surface area (Å²) in [5.74, 6) is 0.587.